The molecule has 20 heavy (non-hydrogen) atoms. The number of alkyl halides is 1. The van der Waals surface area contributed by atoms with Gasteiger partial charge in [0.1, 0.15) is 17.2 Å². The molecule has 0 saturated carbocycles. The van der Waals surface area contributed by atoms with Crippen molar-refractivity contribution in [1.29, 1.82) is 0 Å². The minimum Gasteiger partial charge on any atom is -0.457 e. The quantitative estimate of drug-likeness (QED) is 0.589. The van der Waals surface area contributed by atoms with Crippen molar-refractivity contribution >= 4 is 11.8 Å². The fraction of sp³-hybridized carbons (Fsp3) is 0.429. The van der Waals surface area contributed by atoms with Gasteiger partial charge in [-0.2, -0.15) is 0 Å². The number of ketones is 1. The number of benzene rings is 1. The first-order chi connectivity index (χ1) is 9.04. The van der Waals surface area contributed by atoms with Gasteiger partial charge in [0.05, 0.1) is 5.56 Å². The van der Waals surface area contributed by atoms with Gasteiger partial charge in [0.2, 0.25) is 5.78 Å². The molecule has 2 rings (SSSR count). The lowest BCUT2D eigenvalue weighted by Crippen LogP contribution is -2.44. The Bertz CT molecular complexity index is 604. The summed E-state index contributed by atoms with van der Waals surface area (Å²) in [6.07, 6.45) is -0.718. The highest BCUT2D eigenvalue weighted by Crippen LogP contribution is 2.37. The van der Waals surface area contributed by atoms with E-state index in [0.29, 0.717) is 6.07 Å². The van der Waals surface area contributed by atoms with E-state index in [-0.39, 0.29) is 5.56 Å². The van der Waals surface area contributed by atoms with Gasteiger partial charge in [-0.15, -0.1) is 0 Å². The zero-order chi connectivity index (χ0) is 15.3. The average molecular weight is 286 g/mol. The number of esters is 1. The first kappa shape index (κ1) is 14.6. The van der Waals surface area contributed by atoms with E-state index in [4.69, 9.17) is 4.74 Å². The van der Waals surface area contributed by atoms with Crippen molar-refractivity contribution in [2.75, 3.05) is 0 Å². The molecule has 1 aromatic carbocycles. The van der Waals surface area contributed by atoms with Gasteiger partial charge in [-0.05, 0) is 32.4 Å². The molecule has 0 radical (unpaired) electrons. The lowest BCUT2D eigenvalue weighted by Gasteiger charge is -2.24. The fourth-order valence-corrected chi connectivity index (χ4v) is 2.09. The number of halogens is 3. The van der Waals surface area contributed by atoms with E-state index in [1.165, 1.54) is 20.8 Å². The first-order valence-corrected chi connectivity index (χ1v) is 6.00. The van der Waals surface area contributed by atoms with Crippen LogP contribution in [0.2, 0.25) is 0 Å². The lowest BCUT2D eigenvalue weighted by molar-refractivity contribution is -0.165. The third-order valence-electron chi connectivity index (χ3n) is 2.88. The van der Waals surface area contributed by atoms with Gasteiger partial charge in [0.25, 0.3) is 5.67 Å². The molecule has 3 nitrogen and oxygen atoms in total. The molecule has 1 aliphatic rings. The molecular formula is C14H13F3O3. The molecule has 0 aromatic heterocycles. The maximum Gasteiger partial charge on any atom is 0.353 e. The highest BCUT2D eigenvalue weighted by Gasteiger charge is 2.55. The summed E-state index contributed by atoms with van der Waals surface area (Å²) in [5, 5.41) is 0. The van der Waals surface area contributed by atoms with Crippen molar-refractivity contribution in [1.82, 2.24) is 0 Å². The van der Waals surface area contributed by atoms with Crippen molar-refractivity contribution in [2.45, 2.75) is 38.5 Å². The molecule has 0 N–H and O–H groups in total. The van der Waals surface area contributed by atoms with Crippen LogP contribution in [0, 0.1) is 11.6 Å². The summed E-state index contributed by atoms with van der Waals surface area (Å²) in [5.41, 5.74) is -4.74. The van der Waals surface area contributed by atoms with Gasteiger partial charge >= 0.3 is 5.97 Å². The van der Waals surface area contributed by atoms with Crippen LogP contribution in [0.3, 0.4) is 0 Å². The molecule has 0 bridgehead atoms. The molecule has 108 valence electrons. The maximum atomic E-state index is 14.6. The Morgan fingerprint density at radius 2 is 1.90 bits per heavy atom. The fourth-order valence-electron chi connectivity index (χ4n) is 2.09. The Hall–Kier alpha value is -1.85. The molecule has 0 heterocycles. The number of carbonyl (C=O) groups is 2. The molecule has 0 spiro atoms. The van der Waals surface area contributed by atoms with Gasteiger partial charge in [-0.3, -0.25) is 4.79 Å². The molecular weight excluding hydrogens is 273 g/mol. The standard InChI is InChI=1S/C14H13F3O3/c1-13(2,3)20-12(19)14(17)6-7-4-8(15)5-9(16)10(7)11(14)18/h4-5H,6H2,1-3H3/t14-/m1/s1. The number of carbonyl (C=O) groups excluding carboxylic acids is 2. The van der Waals surface area contributed by atoms with E-state index in [1.807, 2.05) is 0 Å². The summed E-state index contributed by atoms with van der Waals surface area (Å²) in [5.74, 6) is -4.80. The van der Waals surface area contributed by atoms with Crippen LogP contribution in [0.4, 0.5) is 13.2 Å². The molecule has 1 atom stereocenters. The lowest BCUT2D eigenvalue weighted by atomic mass is 10.0. The molecule has 1 aromatic rings. The third kappa shape index (κ3) is 2.30. The summed E-state index contributed by atoms with van der Waals surface area (Å²) < 4.78 is 46.1. The Balaban J connectivity index is 2.41. The van der Waals surface area contributed by atoms with Gasteiger partial charge in [-0.1, -0.05) is 0 Å². The van der Waals surface area contributed by atoms with E-state index < -0.39 is 46.6 Å². The monoisotopic (exact) mass is 286 g/mol. The Morgan fingerprint density at radius 1 is 1.30 bits per heavy atom. The normalized spacial score (nSPS) is 21.8. The van der Waals surface area contributed by atoms with Gasteiger partial charge in [0, 0.05) is 12.5 Å². The van der Waals surface area contributed by atoms with Crippen LogP contribution in [0.25, 0.3) is 0 Å². The number of Topliss-reactive ketones (excluding diaryl/α,β-unsaturated/α-hetero) is 1. The topological polar surface area (TPSA) is 43.4 Å². The largest absolute Gasteiger partial charge is 0.457 e. The number of rotatable bonds is 1. The van der Waals surface area contributed by atoms with Gasteiger partial charge in [-0.25, -0.2) is 18.0 Å². The van der Waals surface area contributed by atoms with Crippen molar-refractivity contribution in [3.63, 3.8) is 0 Å². The molecule has 6 heteroatoms. The predicted molar refractivity (Wildman–Crippen MR) is 64.1 cm³/mol. The minimum atomic E-state index is -3.00. The van der Waals surface area contributed by atoms with Crippen LogP contribution in [0.1, 0.15) is 36.7 Å². The molecule has 0 aliphatic heterocycles. The second-order valence-corrected chi connectivity index (χ2v) is 5.73. The number of fused-ring (bicyclic) bond motifs is 1. The molecule has 0 saturated heterocycles. The number of hydrogen-bond acceptors (Lipinski definition) is 3. The van der Waals surface area contributed by atoms with Gasteiger partial charge < -0.3 is 4.74 Å². The van der Waals surface area contributed by atoms with Crippen molar-refractivity contribution < 1.29 is 27.5 Å². The summed E-state index contributed by atoms with van der Waals surface area (Å²) in [6.45, 7) is 4.54. The van der Waals surface area contributed by atoms with Crippen LogP contribution in [-0.4, -0.2) is 23.0 Å². The highest BCUT2D eigenvalue weighted by molar-refractivity contribution is 6.19. The van der Waals surface area contributed by atoms with E-state index in [0.717, 1.165) is 6.07 Å². The zero-order valence-electron chi connectivity index (χ0n) is 11.2. The molecule has 0 amide bonds. The second-order valence-electron chi connectivity index (χ2n) is 5.73. The van der Waals surface area contributed by atoms with Crippen molar-refractivity contribution in [3.05, 3.63) is 34.9 Å². The molecule has 0 unspecified atom stereocenters. The number of hydrogen-bond donors (Lipinski definition) is 0. The van der Waals surface area contributed by atoms with Crippen molar-refractivity contribution in [2.24, 2.45) is 0 Å². The minimum absolute atomic E-state index is 0.166. The number of ether oxygens (including phenoxy) is 1. The van der Waals surface area contributed by atoms with Gasteiger partial charge in [0.15, 0.2) is 0 Å². The van der Waals surface area contributed by atoms with E-state index in [9.17, 15) is 22.8 Å². The smallest absolute Gasteiger partial charge is 0.353 e. The van der Waals surface area contributed by atoms with E-state index >= 15 is 0 Å². The van der Waals surface area contributed by atoms with Crippen LogP contribution in [0.15, 0.2) is 12.1 Å². The Kier molecular flexibility index (Phi) is 3.15. The SMILES string of the molecule is CC(C)(C)OC(=O)[C@@]1(F)Cc2cc(F)cc(F)c2C1=O. The van der Waals surface area contributed by atoms with E-state index in [1.54, 1.807) is 0 Å². The summed E-state index contributed by atoms with van der Waals surface area (Å²) in [7, 11) is 0. The van der Waals surface area contributed by atoms with Crippen molar-refractivity contribution in [3.8, 4) is 0 Å². The molecule has 1 aliphatic carbocycles. The van der Waals surface area contributed by atoms with Crippen LogP contribution in [-0.2, 0) is 16.0 Å². The van der Waals surface area contributed by atoms with Crippen LogP contribution in [0.5, 0.6) is 0 Å². The second kappa shape index (κ2) is 4.33. The summed E-state index contributed by atoms with van der Waals surface area (Å²) in [6, 6.07) is 1.33. The Morgan fingerprint density at radius 3 is 2.45 bits per heavy atom. The zero-order valence-corrected chi connectivity index (χ0v) is 11.2. The van der Waals surface area contributed by atoms with Crippen LogP contribution < -0.4 is 0 Å². The highest BCUT2D eigenvalue weighted by atomic mass is 19.1. The Labute approximate surface area is 113 Å². The third-order valence-corrected chi connectivity index (χ3v) is 2.88. The summed E-state index contributed by atoms with van der Waals surface area (Å²) >= 11 is 0. The first-order valence-electron chi connectivity index (χ1n) is 6.00. The average Bonchev–Trinajstić information content (AvgIpc) is 2.49. The molecule has 0 fully saturated rings. The predicted octanol–water partition coefficient (Wildman–Crippen LogP) is 2.75. The maximum absolute atomic E-state index is 14.6. The van der Waals surface area contributed by atoms with E-state index in [2.05, 4.69) is 0 Å². The summed E-state index contributed by atoms with van der Waals surface area (Å²) in [4.78, 5) is 23.8. The van der Waals surface area contributed by atoms with Crippen LogP contribution >= 0.6 is 0 Å².